The summed E-state index contributed by atoms with van der Waals surface area (Å²) in [6.45, 7) is 30.4. The van der Waals surface area contributed by atoms with Gasteiger partial charge in [0.15, 0.2) is 22.4 Å². The number of allylic oxidation sites excluding steroid dienone is 3. The van der Waals surface area contributed by atoms with Crippen LogP contribution in [0.4, 0.5) is 5.69 Å². The van der Waals surface area contributed by atoms with Crippen molar-refractivity contribution in [1.29, 1.82) is 0 Å². The van der Waals surface area contributed by atoms with Crippen LogP contribution in [-0.4, -0.2) is 48.7 Å². The Hall–Kier alpha value is -1.48. The molecule has 0 saturated carbocycles. The first-order valence-corrected chi connectivity index (χ1v) is 20.1. The van der Waals surface area contributed by atoms with Crippen molar-refractivity contribution in [2.45, 2.75) is 104 Å². The Balaban J connectivity index is 2.13. The molecule has 6 heteroatoms. The number of benzene rings is 1. The van der Waals surface area contributed by atoms with Gasteiger partial charge in [0.1, 0.15) is 0 Å². The molecular formula is C32H55NO3Si2. The summed E-state index contributed by atoms with van der Waals surface area (Å²) in [4.78, 5) is 14.5. The number of nitrogens with zero attached hydrogens (tertiary/aromatic N) is 1. The first-order chi connectivity index (χ1) is 17.2. The van der Waals surface area contributed by atoms with Crippen LogP contribution in [-0.2, 0) is 13.6 Å². The van der Waals surface area contributed by atoms with E-state index in [1.54, 1.807) is 0 Å². The molecule has 0 heterocycles. The molecule has 0 radical (unpaired) electrons. The smallest absolute Gasteiger partial charge is 0.192 e. The highest BCUT2D eigenvalue weighted by molar-refractivity contribution is 6.74. The largest absolute Gasteiger partial charge is 0.415 e. The Labute approximate surface area is 236 Å². The van der Waals surface area contributed by atoms with Crippen LogP contribution >= 0.6 is 0 Å². The van der Waals surface area contributed by atoms with Gasteiger partial charge in [0, 0.05) is 25.2 Å². The number of carbonyl (C=O) groups excluding carboxylic acids is 1. The van der Waals surface area contributed by atoms with Gasteiger partial charge in [-0.3, -0.25) is 4.79 Å². The number of hydrogen-bond acceptors (Lipinski definition) is 4. The fraction of sp³-hybridized carbons (Fsp3) is 0.656. The lowest BCUT2D eigenvalue weighted by molar-refractivity contribution is -0.116. The fourth-order valence-corrected chi connectivity index (χ4v) is 6.20. The molecule has 0 fully saturated rings. The Morgan fingerprint density at radius 3 is 1.71 bits per heavy atom. The Morgan fingerprint density at radius 2 is 1.29 bits per heavy atom. The van der Waals surface area contributed by atoms with Crippen molar-refractivity contribution in [3.05, 3.63) is 47.6 Å². The minimum atomic E-state index is -1.80. The van der Waals surface area contributed by atoms with Gasteiger partial charge in [-0.25, -0.2) is 0 Å². The van der Waals surface area contributed by atoms with Crippen molar-refractivity contribution in [3.63, 3.8) is 0 Å². The molecule has 0 bridgehead atoms. The van der Waals surface area contributed by atoms with E-state index in [1.807, 2.05) is 6.08 Å². The van der Waals surface area contributed by atoms with Crippen LogP contribution in [0.3, 0.4) is 0 Å². The van der Waals surface area contributed by atoms with E-state index >= 15 is 0 Å². The summed E-state index contributed by atoms with van der Waals surface area (Å²) < 4.78 is 13.0. The Morgan fingerprint density at radius 1 is 0.816 bits per heavy atom. The van der Waals surface area contributed by atoms with Crippen molar-refractivity contribution in [3.8, 4) is 0 Å². The molecule has 0 saturated heterocycles. The summed E-state index contributed by atoms with van der Waals surface area (Å²) in [5.41, 5.74) is 3.48. The van der Waals surface area contributed by atoms with Gasteiger partial charge in [-0.15, -0.1) is 0 Å². The lowest BCUT2D eigenvalue weighted by atomic mass is 9.77. The summed E-state index contributed by atoms with van der Waals surface area (Å²) in [5.74, 6) is 0.228. The third kappa shape index (κ3) is 9.62. The third-order valence-corrected chi connectivity index (χ3v) is 17.8. The normalized spacial score (nSPS) is 17.2. The minimum Gasteiger partial charge on any atom is -0.415 e. The summed E-state index contributed by atoms with van der Waals surface area (Å²) >= 11 is 0. The Kier molecular flexibility index (Phi) is 10.6. The van der Waals surface area contributed by atoms with Gasteiger partial charge < -0.3 is 13.8 Å². The van der Waals surface area contributed by atoms with Gasteiger partial charge in [-0.2, -0.15) is 0 Å². The molecule has 0 aliphatic heterocycles. The molecule has 4 nitrogen and oxygen atoms in total. The zero-order valence-corrected chi connectivity index (χ0v) is 28.5. The topological polar surface area (TPSA) is 38.8 Å². The highest BCUT2D eigenvalue weighted by Gasteiger charge is 2.38. The summed E-state index contributed by atoms with van der Waals surface area (Å²) in [7, 11) is -3.60. The number of anilines is 1. The van der Waals surface area contributed by atoms with Crippen LogP contribution in [0.5, 0.6) is 0 Å². The number of carbonyl (C=O) groups is 1. The van der Waals surface area contributed by atoms with Crippen molar-refractivity contribution < 1.29 is 13.6 Å². The molecule has 2 rings (SSSR count). The van der Waals surface area contributed by atoms with E-state index < -0.39 is 16.6 Å². The molecule has 0 spiro atoms. The van der Waals surface area contributed by atoms with Crippen molar-refractivity contribution >= 4 is 34.2 Å². The van der Waals surface area contributed by atoms with E-state index in [0.717, 1.165) is 43.9 Å². The standard InChI is InChI=1S/C32H55NO3Si2/c1-30(2,3)37(9,10)35-21-19-33(20-22-36-38(11,12)31(4,5)6)28-17-15-26(16-18-28)13-14-27-23-29(34)25-32(7,8)24-27/h13-18,23H,19-22,24-25H2,1-12H3. The van der Waals surface area contributed by atoms with Crippen molar-refractivity contribution in [2.24, 2.45) is 5.41 Å². The van der Waals surface area contributed by atoms with Crippen LogP contribution in [0.1, 0.15) is 73.8 Å². The minimum absolute atomic E-state index is 0.0365. The monoisotopic (exact) mass is 557 g/mol. The first-order valence-electron chi connectivity index (χ1n) is 14.3. The van der Waals surface area contributed by atoms with E-state index in [-0.39, 0.29) is 21.3 Å². The van der Waals surface area contributed by atoms with Crippen LogP contribution in [0, 0.1) is 5.41 Å². The molecule has 0 unspecified atom stereocenters. The van der Waals surface area contributed by atoms with E-state index in [4.69, 9.17) is 8.85 Å². The second-order valence-corrected chi connectivity index (χ2v) is 24.5. The molecule has 1 aromatic rings. The highest BCUT2D eigenvalue weighted by Crippen LogP contribution is 2.38. The first kappa shape index (κ1) is 32.7. The average Bonchev–Trinajstić information content (AvgIpc) is 2.74. The number of hydrogen-bond donors (Lipinski definition) is 0. The molecule has 0 atom stereocenters. The van der Waals surface area contributed by atoms with Gasteiger partial charge in [-0.05, 0) is 77.4 Å². The molecular weight excluding hydrogens is 503 g/mol. The van der Waals surface area contributed by atoms with E-state index in [0.29, 0.717) is 6.42 Å². The van der Waals surface area contributed by atoms with Crippen molar-refractivity contribution in [1.82, 2.24) is 0 Å². The van der Waals surface area contributed by atoms with Crippen molar-refractivity contribution in [2.75, 3.05) is 31.2 Å². The average molecular weight is 558 g/mol. The van der Waals surface area contributed by atoms with Crippen LogP contribution in [0.2, 0.25) is 36.3 Å². The van der Waals surface area contributed by atoms with Gasteiger partial charge >= 0.3 is 0 Å². The van der Waals surface area contributed by atoms with Crippen LogP contribution < -0.4 is 4.90 Å². The summed E-state index contributed by atoms with van der Waals surface area (Å²) in [6, 6.07) is 8.72. The third-order valence-electron chi connectivity index (χ3n) is 8.69. The maximum Gasteiger partial charge on any atom is 0.192 e. The molecule has 1 aromatic carbocycles. The SMILES string of the molecule is CC1(C)CC(=O)C=C(C=Cc2ccc(N(CCO[Si](C)(C)C(C)(C)C)CCO[Si](C)(C)C(C)(C)C)cc2)C1. The van der Waals surface area contributed by atoms with Crippen LogP contribution in [0.25, 0.3) is 6.08 Å². The predicted octanol–water partition coefficient (Wildman–Crippen LogP) is 8.87. The molecule has 0 amide bonds. The molecule has 1 aliphatic rings. The van der Waals surface area contributed by atoms with Crippen LogP contribution in [0.15, 0.2) is 42.0 Å². The van der Waals surface area contributed by atoms with E-state index in [9.17, 15) is 4.79 Å². The van der Waals surface area contributed by atoms with Gasteiger partial charge in [-0.1, -0.05) is 79.7 Å². The van der Waals surface area contributed by atoms with E-state index in [1.165, 1.54) is 5.69 Å². The lowest BCUT2D eigenvalue weighted by Gasteiger charge is -2.38. The molecule has 0 N–H and O–H groups in total. The zero-order chi connectivity index (χ0) is 29.0. The highest BCUT2D eigenvalue weighted by atomic mass is 28.4. The number of ketones is 1. The van der Waals surface area contributed by atoms with Gasteiger partial charge in [0.2, 0.25) is 0 Å². The van der Waals surface area contributed by atoms with Gasteiger partial charge in [0.05, 0.1) is 13.2 Å². The van der Waals surface area contributed by atoms with Gasteiger partial charge in [0.25, 0.3) is 0 Å². The second kappa shape index (κ2) is 12.4. The maximum absolute atomic E-state index is 12.1. The fourth-order valence-electron chi connectivity index (χ4n) is 4.13. The predicted molar refractivity (Wildman–Crippen MR) is 170 cm³/mol. The lowest BCUT2D eigenvalue weighted by Crippen LogP contribution is -2.44. The molecule has 214 valence electrons. The summed E-state index contributed by atoms with van der Waals surface area (Å²) in [6.07, 6.45) is 7.60. The number of rotatable bonds is 11. The second-order valence-electron chi connectivity index (χ2n) is 14.8. The van der Waals surface area contributed by atoms with E-state index in [2.05, 4.69) is 123 Å². The summed E-state index contributed by atoms with van der Waals surface area (Å²) in [5, 5.41) is 0.399. The quantitative estimate of drug-likeness (QED) is 0.255. The Bertz CT molecular complexity index is 961. The molecule has 1 aliphatic carbocycles. The molecule has 0 aromatic heterocycles. The molecule has 38 heavy (non-hydrogen) atoms. The maximum atomic E-state index is 12.1. The zero-order valence-electron chi connectivity index (χ0n) is 26.5.